The maximum absolute atomic E-state index is 4.61. The Bertz CT molecular complexity index is 337. The standard InChI is InChI=1S/C13H23N3/c1-10(14-2)12-9-13(16(3)15-12)11-7-5-4-6-8-11/h9-11,14H,4-8H2,1-3H3. The first-order chi connectivity index (χ1) is 7.72. The zero-order valence-corrected chi connectivity index (χ0v) is 10.7. The molecule has 1 atom stereocenters. The monoisotopic (exact) mass is 221 g/mol. The summed E-state index contributed by atoms with van der Waals surface area (Å²) in [6.45, 7) is 2.16. The van der Waals surface area contributed by atoms with Crippen molar-refractivity contribution in [1.29, 1.82) is 0 Å². The first-order valence-electron chi connectivity index (χ1n) is 6.43. The molecule has 1 saturated carbocycles. The van der Waals surface area contributed by atoms with Gasteiger partial charge in [0.25, 0.3) is 0 Å². The maximum atomic E-state index is 4.61. The topological polar surface area (TPSA) is 29.9 Å². The van der Waals surface area contributed by atoms with Gasteiger partial charge in [-0.25, -0.2) is 0 Å². The van der Waals surface area contributed by atoms with Gasteiger partial charge in [0.05, 0.1) is 5.69 Å². The Morgan fingerprint density at radius 3 is 2.69 bits per heavy atom. The SMILES string of the molecule is CNC(C)c1cc(C2CCCCC2)n(C)n1. The fourth-order valence-electron chi connectivity index (χ4n) is 2.64. The fraction of sp³-hybridized carbons (Fsp3) is 0.769. The van der Waals surface area contributed by atoms with Gasteiger partial charge in [0, 0.05) is 24.7 Å². The molecule has 0 aromatic carbocycles. The normalized spacial score (nSPS) is 19.9. The van der Waals surface area contributed by atoms with Gasteiger partial charge >= 0.3 is 0 Å². The molecule has 1 aromatic heterocycles. The lowest BCUT2D eigenvalue weighted by molar-refractivity contribution is 0.424. The summed E-state index contributed by atoms with van der Waals surface area (Å²) in [5.41, 5.74) is 2.60. The van der Waals surface area contributed by atoms with Gasteiger partial charge in [-0.15, -0.1) is 0 Å². The van der Waals surface area contributed by atoms with Crippen molar-refractivity contribution >= 4 is 0 Å². The van der Waals surface area contributed by atoms with E-state index in [2.05, 4.69) is 35.1 Å². The van der Waals surface area contributed by atoms with Crippen LogP contribution in [0.25, 0.3) is 0 Å². The van der Waals surface area contributed by atoms with Crippen LogP contribution in [0.4, 0.5) is 0 Å². The van der Waals surface area contributed by atoms with Gasteiger partial charge in [0.2, 0.25) is 0 Å². The third kappa shape index (κ3) is 2.29. The molecule has 1 fully saturated rings. The van der Waals surface area contributed by atoms with E-state index in [9.17, 15) is 0 Å². The molecule has 2 rings (SSSR count). The number of hydrogen-bond acceptors (Lipinski definition) is 2. The highest BCUT2D eigenvalue weighted by atomic mass is 15.3. The summed E-state index contributed by atoms with van der Waals surface area (Å²) in [5, 5.41) is 7.86. The van der Waals surface area contributed by atoms with E-state index >= 15 is 0 Å². The lowest BCUT2D eigenvalue weighted by Gasteiger charge is -2.21. The predicted octanol–water partition coefficient (Wildman–Crippen LogP) is 2.75. The third-order valence-electron chi connectivity index (χ3n) is 3.84. The lowest BCUT2D eigenvalue weighted by atomic mass is 9.87. The van der Waals surface area contributed by atoms with Crippen molar-refractivity contribution in [2.75, 3.05) is 7.05 Å². The van der Waals surface area contributed by atoms with E-state index in [4.69, 9.17) is 0 Å². The minimum Gasteiger partial charge on any atom is -0.312 e. The average molecular weight is 221 g/mol. The number of hydrogen-bond donors (Lipinski definition) is 1. The Morgan fingerprint density at radius 1 is 1.38 bits per heavy atom. The van der Waals surface area contributed by atoms with Crippen molar-refractivity contribution in [3.8, 4) is 0 Å². The van der Waals surface area contributed by atoms with Crippen LogP contribution >= 0.6 is 0 Å². The molecule has 0 radical (unpaired) electrons. The van der Waals surface area contributed by atoms with Crippen LogP contribution in [0.15, 0.2) is 6.07 Å². The summed E-state index contributed by atoms with van der Waals surface area (Å²) in [6, 6.07) is 2.64. The van der Waals surface area contributed by atoms with Gasteiger partial charge < -0.3 is 5.32 Å². The molecule has 1 heterocycles. The maximum Gasteiger partial charge on any atom is 0.0793 e. The minimum absolute atomic E-state index is 0.351. The molecular formula is C13H23N3. The zero-order chi connectivity index (χ0) is 11.5. The molecule has 1 aliphatic rings. The molecule has 1 N–H and O–H groups in total. The summed E-state index contributed by atoms with van der Waals surface area (Å²) in [5.74, 6) is 0.740. The Kier molecular flexibility index (Phi) is 3.64. The summed E-state index contributed by atoms with van der Waals surface area (Å²) < 4.78 is 2.08. The highest BCUT2D eigenvalue weighted by Crippen LogP contribution is 2.33. The van der Waals surface area contributed by atoms with Crippen LogP contribution in [0.1, 0.15) is 62.4 Å². The number of nitrogens with zero attached hydrogens (tertiary/aromatic N) is 2. The van der Waals surface area contributed by atoms with Gasteiger partial charge in [0.15, 0.2) is 0 Å². The highest BCUT2D eigenvalue weighted by molar-refractivity contribution is 5.17. The van der Waals surface area contributed by atoms with Gasteiger partial charge in [-0.1, -0.05) is 19.3 Å². The Hall–Kier alpha value is -0.830. The Labute approximate surface area is 98.2 Å². The number of aromatic nitrogens is 2. The zero-order valence-electron chi connectivity index (χ0n) is 10.7. The molecule has 16 heavy (non-hydrogen) atoms. The molecule has 0 saturated heterocycles. The summed E-state index contributed by atoms with van der Waals surface area (Å²) >= 11 is 0. The van der Waals surface area contributed by atoms with Crippen molar-refractivity contribution in [3.63, 3.8) is 0 Å². The molecule has 90 valence electrons. The van der Waals surface area contributed by atoms with E-state index in [-0.39, 0.29) is 0 Å². The summed E-state index contributed by atoms with van der Waals surface area (Å²) in [7, 11) is 4.06. The number of aryl methyl sites for hydroxylation is 1. The molecule has 0 bridgehead atoms. The van der Waals surface area contributed by atoms with E-state index in [0.29, 0.717) is 6.04 Å². The molecule has 1 aromatic rings. The van der Waals surface area contributed by atoms with Crippen molar-refractivity contribution in [2.45, 2.75) is 51.0 Å². The van der Waals surface area contributed by atoms with E-state index in [1.54, 1.807) is 0 Å². The molecule has 1 aliphatic carbocycles. The second-order valence-corrected chi connectivity index (χ2v) is 4.96. The van der Waals surface area contributed by atoms with Crippen LogP contribution in [0.5, 0.6) is 0 Å². The smallest absolute Gasteiger partial charge is 0.0793 e. The Balaban J connectivity index is 2.17. The predicted molar refractivity (Wildman–Crippen MR) is 66.5 cm³/mol. The van der Waals surface area contributed by atoms with Crippen LogP contribution in [0.2, 0.25) is 0 Å². The second-order valence-electron chi connectivity index (χ2n) is 4.96. The fourth-order valence-corrected chi connectivity index (χ4v) is 2.64. The van der Waals surface area contributed by atoms with Crippen molar-refractivity contribution in [2.24, 2.45) is 7.05 Å². The van der Waals surface area contributed by atoms with E-state index in [1.165, 1.54) is 43.5 Å². The van der Waals surface area contributed by atoms with Gasteiger partial charge in [-0.2, -0.15) is 5.10 Å². The average Bonchev–Trinajstić information content (AvgIpc) is 2.71. The van der Waals surface area contributed by atoms with Crippen molar-refractivity contribution in [1.82, 2.24) is 15.1 Å². The van der Waals surface area contributed by atoms with Crippen molar-refractivity contribution < 1.29 is 0 Å². The highest BCUT2D eigenvalue weighted by Gasteiger charge is 2.20. The lowest BCUT2D eigenvalue weighted by Crippen LogP contribution is -2.13. The van der Waals surface area contributed by atoms with Crippen LogP contribution < -0.4 is 5.32 Å². The Morgan fingerprint density at radius 2 is 2.06 bits per heavy atom. The van der Waals surface area contributed by atoms with Crippen LogP contribution in [0.3, 0.4) is 0 Å². The molecular weight excluding hydrogens is 198 g/mol. The van der Waals surface area contributed by atoms with Gasteiger partial charge in [0.1, 0.15) is 0 Å². The van der Waals surface area contributed by atoms with E-state index in [0.717, 1.165) is 5.92 Å². The molecule has 1 unspecified atom stereocenters. The van der Waals surface area contributed by atoms with E-state index < -0.39 is 0 Å². The number of rotatable bonds is 3. The van der Waals surface area contributed by atoms with Crippen LogP contribution in [-0.4, -0.2) is 16.8 Å². The first-order valence-corrected chi connectivity index (χ1v) is 6.43. The molecule has 0 aliphatic heterocycles. The molecule has 0 spiro atoms. The van der Waals surface area contributed by atoms with Crippen LogP contribution in [0, 0.1) is 0 Å². The minimum atomic E-state index is 0.351. The first kappa shape index (κ1) is 11.6. The summed E-state index contributed by atoms with van der Waals surface area (Å²) in [4.78, 5) is 0. The third-order valence-corrected chi connectivity index (χ3v) is 3.84. The van der Waals surface area contributed by atoms with E-state index in [1.807, 2.05) is 7.05 Å². The molecule has 3 nitrogen and oxygen atoms in total. The second kappa shape index (κ2) is 5.00. The van der Waals surface area contributed by atoms with Gasteiger partial charge in [-0.05, 0) is 32.9 Å². The van der Waals surface area contributed by atoms with Crippen molar-refractivity contribution in [3.05, 3.63) is 17.5 Å². The number of nitrogens with one attached hydrogen (secondary N) is 1. The van der Waals surface area contributed by atoms with Crippen LogP contribution in [-0.2, 0) is 7.05 Å². The molecule has 3 heteroatoms. The molecule has 0 amide bonds. The quantitative estimate of drug-likeness (QED) is 0.850. The van der Waals surface area contributed by atoms with Gasteiger partial charge in [-0.3, -0.25) is 4.68 Å². The largest absolute Gasteiger partial charge is 0.312 e. The summed E-state index contributed by atoms with van der Waals surface area (Å²) in [6.07, 6.45) is 6.85.